The highest BCUT2D eigenvalue weighted by atomic mass is 16.4. The molecule has 0 spiro atoms. The molecule has 0 bridgehead atoms. The number of nitrogens with zero attached hydrogens (tertiary/aromatic N) is 5. The van der Waals surface area contributed by atoms with Gasteiger partial charge < -0.3 is 15.5 Å². The molecule has 2 rings (SSSR count). The lowest BCUT2D eigenvalue weighted by atomic mass is 10.3. The second-order valence-electron chi connectivity index (χ2n) is 3.76. The summed E-state index contributed by atoms with van der Waals surface area (Å²) in [6.07, 6.45) is 3.38. The highest BCUT2D eigenvalue weighted by Gasteiger charge is 2.10. The van der Waals surface area contributed by atoms with Crippen LogP contribution in [0.4, 0.5) is 0 Å². The van der Waals surface area contributed by atoms with Crippen molar-refractivity contribution in [1.29, 1.82) is 0 Å². The Morgan fingerprint density at radius 1 is 1.59 bits per heavy atom. The van der Waals surface area contributed by atoms with E-state index in [1.807, 2.05) is 20.0 Å². The van der Waals surface area contributed by atoms with Gasteiger partial charge in [0.15, 0.2) is 5.82 Å². The average molecular weight is 234 g/mol. The molecule has 90 valence electrons. The van der Waals surface area contributed by atoms with Crippen LogP contribution in [0.3, 0.4) is 0 Å². The van der Waals surface area contributed by atoms with E-state index in [0.29, 0.717) is 12.4 Å². The molecule has 0 atom stereocenters. The van der Waals surface area contributed by atoms with Crippen molar-refractivity contribution in [3.8, 4) is 0 Å². The number of imidazole rings is 1. The van der Waals surface area contributed by atoms with Crippen molar-refractivity contribution in [2.45, 2.75) is 13.5 Å². The predicted octanol–water partition coefficient (Wildman–Crippen LogP) is 0.0678. The quantitative estimate of drug-likeness (QED) is 0.340. The molecule has 7 nitrogen and oxygen atoms in total. The van der Waals surface area contributed by atoms with E-state index in [-0.39, 0.29) is 5.84 Å². The van der Waals surface area contributed by atoms with Crippen LogP contribution in [-0.2, 0) is 13.6 Å². The van der Waals surface area contributed by atoms with Crippen LogP contribution >= 0.6 is 0 Å². The number of nitrogens with two attached hydrogens (primary N) is 1. The van der Waals surface area contributed by atoms with Gasteiger partial charge in [-0.2, -0.15) is 5.10 Å². The van der Waals surface area contributed by atoms with Gasteiger partial charge in [-0.15, -0.1) is 0 Å². The van der Waals surface area contributed by atoms with Crippen LogP contribution in [0.5, 0.6) is 0 Å². The molecule has 2 heterocycles. The second-order valence-corrected chi connectivity index (χ2v) is 3.76. The van der Waals surface area contributed by atoms with E-state index in [0.717, 1.165) is 11.4 Å². The highest BCUT2D eigenvalue weighted by molar-refractivity contribution is 5.93. The number of amidine groups is 1. The lowest BCUT2D eigenvalue weighted by molar-refractivity contribution is 0.318. The maximum Gasteiger partial charge on any atom is 0.206 e. The van der Waals surface area contributed by atoms with Crippen molar-refractivity contribution in [1.82, 2.24) is 19.3 Å². The maximum atomic E-state index is 8.65. The molecule has 0 aliphatic carbocycles. The summed E-state index contributed by atoms with van der Waals surface area (Å²) < 4.78 is 3.59. The Bertz CT molecular complexity index is 553. The van der Waals surface area contributed by atoms with Gasteiger partial charge in [-0.3, -0.25) is 4.68 Å². The Balaban J connectivity index is 2.31. The Kier molecular flexibility index (Phi) is 2.82. The van der Waals surface area contributed by atoms with E-state index in [1.165, 1.54) is 0 Å². The third kappa shape index (κ3) is 2.12. The summed E-state index contributed by atoms with van der Waals surface area (Å²) in [5.74, 6) is 0.431. The molecule has 0 radical (unpaired) electrons. The Morgan fingerprint density at radius 2 is 2.35 bits per heavy atom. The molecule has 0 aliphatic heterocycles. The summed E-state index contributed by atoms with van der Waals surface area (Å²) in [7, 11) is 1.88. The minimum absolute atomic E-state index is 0.00566. The number of aryl methyl sites for hydroxylation is 2. The van der Waals surface area contributed by atoms with E-state index in [4.69, 9.17) is 10.9 Å². The van der Waals surface area contributed by atoms with Crippen LogP contribution < -0.4 is 5.73 Å². The van der Waals surface area contributed by atoms with Crippen molar-refractivity contribution in [2.24, 2.45) is 17.9 Å². The number of hydrogen-bond donors (Lipinski definition) is 2. The van der Waals surface area contributed by atoms with Crippen molar-refractivity contribution < 1.29 is 5.21 Å². The third-order valence-corrected chi connectivity index (χ3v) is 2.48. The average Bonchev–Trinajstić information content (AvgIpc) is 2.86. The Hall–Kier alpha value is -2.31. The third-order valence-electron chi connectivity index (χ3n) is 2.48. The predicted molar refractivity (Wildman–Crippen MR) is 61.8 cm³/mol. The minimum Gasteiger partial charge on any atom is -0.409 e. The number of oxime groups is 1. The zero-order valence-electron chi connectivity index (χ0n) is 9.70. The van der Waals surface area contributed by atoms with Gasteiger partial charge in [0.2, 0.25) is 5.84 Å². The molecule has 0 aliphatic rings. The lowest BCUT2D eigenvalue weighted by Gasteiger charge is -2.06. The molecule has 2 aromatic heterocycles. The lowest BCUT2D eigenvalue weighted by Crippen LogP contribution is -2.20. The van der Waals surface area contributed by atoms with E-state index in [9.17, 15) is 0 Å². The van der Waals surface area contributed by atoms with Crippen LogP contribution in [0.15, 0.2) is 23.6 Å². The van der Waals surface area contributed by atoms with E-state index in [1.54, 1.807) is 21.6 Å². The smallest absolute Gasteiger partial charge is 0.206 e. The molecule has 17 heavy (non-hydrogen) atoms. The molecule has 0 unspecified atom stereocenters. The standard InChI is InChI=1S/C10H14N6O/c1-7-5-8(15(2)13-7)6-16-4-3-12-10(16)9(11)14-17/h3-5,17H,6H2,1-2H3,(H2,11,14). The van der Waals surface area contributed by atoms with Gasteiger partial charge in [0.25, 0.3) is 0 Å². The molecule has 7 heteroatoms. The molecule has 0 saturated carbocycles. The largest absolute Gasteiger partial charge is 0.409 e. The molecule has 0 fully saturated rings. The number of hydrogen-bond acceptors (Lipinski definition) is 4. The van der Waals surface area contributed by atoms with E-state index in [2.05, 4.69) is 15.2 Å². The molecule has 3 N–H and O–H groups in total. The van der Waals surface area contributed by atoms with Gasteiger partial charge in [-0.1, -0.05) is 5.16 Å². The van der Waals surface area contributed by atoms with Crippen LogP contribution in [0.25, 0.3) is 0 Å². The van der Waals surface area contributed by atoms with Crippen molar-refractivity contribution in [2.75, 3.05) is 0 Å². The fourth-order valence-corrected chi connectivity index (χ4v) is 1.70. The Labute approximate surface area is 98.2 Å². The molecular weight excluding hydrogens is 220 g/mol. The van der Waals surface area contributed by atoms with Gasteiger partial charge in [-0.05, 0) is 13.0 Å². The Morgan fingerprint density at radius 3 is 2.94 bits per heavy atom. The van der Waals surface area contributed by atoms with Crippen LogP contribution in [0.2, 0.25) is 0 Å². The normalized spacial score (nSPS) is 12.0. The summed E-state index contributed by atoms with van der Waals surface area (Å²) in [5, 5.41) is 15.9. The van der Waals surface area contributed by atoms with Crippen LogP contribution in [0.1, 0.15) is 17.2 Å². The molecule has 0 saturated heterocycles. The van der Waals surface area contributed by atoms with Gasteiger partial charge in [0.1, 0.15) is 0 Å². The first-order valence-electron chi connectivity index (χ1n) is 5.10. The SMILES string of the molecule is Cc1cc(Cn2ccnc2C(N)=NO)n(C)n1. The van der Waals surface area contributed by atoms with Crippen molar-refractivity contribution >= 4 is 5.84 Å². The highest BCUT2D eigenvalue weighted by Crippen LogP contribution is 2.06. The summed E-state index contributed by atoms with van der Waals surface area (Å²) in [5.41, 5.74) is 7.50. The van der Waals surface area contributed by atoms with E-state index < -0.39 is 0 Å². The summed E-state index contributed by atoms with van der Waals surface area (Å²) >= 11 is 0. The zero-order valence-corrected chi connectivity index (χ0v) is 9.70. The topological polar surface area (TPSA) is 94.3 Å². The van der Waals surface area contributed by atoms with Crippen LogP contribution in [0, 0.1) is 6.92 Å². The molecule has 2 aromatic rings. The fourth-order valence-electron chi connectivity index (χ4n) is 1.70. The van der Waals surface area contributed by atoms with Gasteiger partial charge >= 0.3 is 0 Å². The van der Waals surface area contributed by atoms with Gasteiger partial charge in [0.05, 0.1) is 17.9 Å². The first kappa shape index (κ1) is 11.2. The van der Waals surface area contributed by atoms with Gasteiger partial charge in [0, 0.05) is 19.4 Å². The fraction of sp³-hybridized carbons (Fsp3) is 0.300. The van der Waals surface area contributed by atoms with Gasteiger partial charge in [-0.25, -0.2) is 4.98 Å². The minimum atomic E-state index is -0.00566. The van der Waals surface area contributed by atoms with Crippen molar-refractivity contribution in [3.63, 3.8) is 0 Å². The maximum absolute atomic E-state index is 8.65. The molecule has 0 amide bonds. The summed E-state index contributed by atoms with van der Waals surface area (Å²) in [6.45, 7) is 2.50. The van der Waals surface area contributed by atoms with Crippen molar-refractivity contribution in [3.05, 3.63) is 35.7 Å². The second kappa shape index (κ2) is 4.28. The van der Waals surface area contributed by atoms with Crippen LogP contribution in [-0.4, -0.2) is 30.4 Å². The molecule has 0 aromatic carbocycles. The summed E-state index contributed by atoms with van der Waals surface area (Å²) in [4.78, 5) is 4.04. The first-order chi connectivity index (χ1) is 8.11. The number of rotatable bonds is 3. The zero-order chi connectivity index (χ0) is 12.4. The summed E-state index contributed by atoms with van der Waals surface area (Å²) in [6, 6.07) is 1.98. The first-order valence-corrected chi connectivity index (χ1v) is 5.10. The molecular formula is C10H14N6O. The van der Waals surface area contributed by atoms with E-state index >= 15 is 0 Å². The monoisotopic (exact) mass is 234 g/mol. The number of aromatic nitrogens is 4.